The van der Waals surface area contributed by atoms with Crippen LogP contribution in [0.5, 0.6) is 0 Å². The third-order valence-corrected chi connectivity index (χ3v) is 8.44. The Labute approximate surface area is 183 Å². The van der Waals surface area contributed by atoms with Gasteiger partial charge in [0.2, 0.25) is 15.9 Å². The van der Waals surface area contributed by atoms with Gasteiger partial charge in [-0.05, 0) is 73.6 Å². The summed E-state index contributed by atoms with van der Waals surface area (Å²) in [5, 5.41) is 2.98. The maximum Gasteiger partial charge on any atom is 0.243 e. The standard InChI is InChI=1S/C24H29FN2O3S/c25-21-8-12-23(13-9-21)31(29,30)27-16-14-20(15-17-27)24(28)26-22-10-6-19(7-11-22)18-4-2-1-3-5-18/h6-13,18,20H,1-5,14-17H2,(H,26,28). The molecule has 1 aliphatic heterocycles. The number of halogens is 1. The zero-order valence-electron chi connectivity index (χ0n) is 17.6. The monoisotopic (exact) mass is 444 g/mol. The Morgan fingerprint density at radius 2 is 1.48 bits per heavy atom. The zero-order valence-corrected chi connectivity index (χ0v) is 18.4. The van der Waals surface area contributed by atoms with Gasteiger partial charge in [-0.15, -0.1) is 0 Å². The van der Waals surface area contributed by atoms with Crippen molar-refractivity contribution in [2.75, 3.05) is 18.4 Å². The fourth-order valence-electron chi connectivity index (χ4n) is 4.63. The molecule has 1 amide bonds. The van der Waals surface area contributed by atoms with E-state index in [-0.39, 0.29) is 29.8 Å². The molecule has 166 valence electrons. The molecule has 4 rings (SSSR count). The van der Waals surface area contributed by atoms with Crippen molar-refractivity contribution in [3.05, 3.63) is 59.9 Å². The summed E-state index contributed by atoms with van der Waals surface area (Å²) in [6.45, 7) is 0.552. The number of nitrogens with one attached hydrogen (secondary N) is 1. The van der Waals surface area contributed by atoms with Gasteiger partial charge in [-0.2, -0.15) is 4.31 Å². The van der Waals surface area contributed by atoms with E-state index >= 15 is 0 Å². The van der Waals surface area contributed by atoms with Crippen LogP contribution in [0.15, 0.2) is 53.4 Å². The number of sulfonamides is 1. The summed E-state index contributed by atoms with van der Waals surface area (Å²) in [4.78, 5) is 12.8. The van der Waals surface area contributed by atoms with Gasteiger partial charge in [-0.1, -0.05) is 31.4 Å². The fourth-order valence-corrected chi connectivity index (χ4v) is 6.10. The number of hydrogen-bond acceptors (Lipinski definition) is 3. The molecule has 2 aliphatic rings. The normalized spacial score (nSPS) is 19.3. The van der Waals surface area contributed by atoms with Crippen LogP contribution in [-0.4, -0.2) is 31.7 Å². The molecule has 1 heterocycles. The molecule has 2 aromatic rings. The van der Waals surface area contributed by atoms with Gasteiger partial charge in [0.25, 0.3) is 0 Å². The molecular weight excluding hydrogens is 415 g/mol. The molecule has 1 aliphatic carbocycles. The highest BCUT2D eigenvalue weighted by Crippen LogP contribution is 2.33. The van der Waals surface area contributed by atoms with Crippen LogP contribution in [0.4, 0.5) is 10.1 Å². The summed E-state index contributed by atoms with van der Waals surface area (Å²) < 4.78 is 39.9. The van der Waals surface area contributed by atoms with Crippen LogP contribution in [0.2, 0.25) is 0 Å². The first kappa shape index (κ1) is 22.0. The minimum atomic E-state index is -3.67. The Morgan fingerprint density at radius 1 is 0.871 bits per heavy atom. The number of hydrogen-bond donors (Lipinski definition) is 1. The first-order valence-corrected chi connectivity index (χ1v) is 12.5. The molecule has 5 nitrogen and oxygen atoms in total. The Bertz CT molecular complexity index is 992. The summed E-state index contributed by atoms with van der Waals surface area (Å²) in [6.07, 6.45) is 7.32. The maximum absolute atomic E-state index is 13.1. The van der Waals surface area contributed by atoms with Crippen molar-refractivity contribution in [1.82, 2.24) is 4.31 Å². The topological polar surface area (TPSA) is 66.5 Å². The summed E-state index contributed by atoms with van der Waals surface area (Å²) >= 11 is 0. The lowest BCUT2D eigenvalue weighted by Gasteiger charge is -2.30. The lowest BCUT2D eigenvalue weighted by atomic mass is 9.84. The van der Waals surface area contributed by atoms with Crippen LogP contribution in [0.25, 0.3) is 0 Å². The summed E-state index contributed by atoms with van der Waals surface area (Å²) in [5.74, 6) is -0.131. The third kappa shape index (κ3) is 5.15. The number of carbonyl (C=O) groups is 1. The highest BCUT2D eigenvalue weighted by molar-refractivity contribution is 7.89. The van der Waals surface area contributed by atoms with Crippen LogP contribution in [-0.2, 0) is 14.8 Å². The van der Waals surface area contributed by atoms with Crippen LogP contribution < -0.4 is 5.32 Å². The van der Waals surface area contributed by atoms with E-state index in [9.17, 15) is 17.6 Å². The highest BCUT2D eigenvalue weighted by atomic mass is 32.2. The van der Waals surface area contributed by atoms with Crippen molar-refractivity contribution in [1.29, 1.82) is 0 Å². The Balaban J connectivity index is 1.31. The van der Waals surface area contributed by atoms with E-state index in [0.29, 0.717) is 18.8 Å². The quantitative estimate of drug-likeness (QED) is 0.712. The van der Waals surface area contributed by atoms with Crippen molar-refractivity contribution in [2.45, 2.75) is 55.8 Å². The number of benzene rings is 2. The van der Waals surface area contributed by atoms with Crippen molar-refractivity contribution in [3.63, 3.8) is 0 Å². The van der Waals surface area contributed by atoms with Crippen molar-refractivity contribution in [2.24, 2.45) is 5.92 Å². The van der Waals surface area contributed by atoms with E-state index < -0.39 is 15.8 Å². The van der Waals surface area contributed by atoms with Gasteiger partial charge in [-0.3, -0.25) is 4.79 Å². The molecule has 1 N–H and O–H groups in total. The van der Waals surface area contributed by atoms with Crippen LogP contribution in [0.3, 0.4) is 0 Å². The number of piperidine rings is 1. The average molecular weight is 445 g/mol. The lowest BCUT2D eigenvalue weighted by Crippen LogP contribution is -2.41. The van der Waals surface area contributed by atoms with Crippen LogP contribution >= 0.6 is 0 Å². The Hall–Kier alpha value is -2.25. The molecule has 2 aromatic carbocycles. The highest BCUT2D eigenvalue weighted by Gasteiger charge is 2.32. The molecule has 2 fully saturated rings. The Kier molecular flexibility index (Phi) is 6.72. The molecule has 0 aromatic heterocycles. The van der Waals surface area contributed by atoms with Gasteiger partial charge in [0.1, 0.15) is 5.82 Å². The molecular formula is C24H29FN2O3S. The smallest absolute Gasteiger partial charge is 0.243 e. The zero-order chi connectivity index (χ0) is 21.8. The molecule has 1 saturated carbocycles. The largest absolute Gasteiger partial charge is 0.326 e. The molecule has 0 bridgehead atoms. The second-order valence-corrected chi connectivity index (χ2v) is 10.5. The van der Waals surface area contributed by atoms with Gasteiger partial charge in [0.05, 0.1) is 4.90 Å². The Morgan fingerprint density at radius 3 is 2.10 bits per heavy atom. The maximum atomic E-state index is 13.1. The number of carbonyl (C=O) groups excluding carboxylic acids is 1. The number of rotatable bonds is 5. The fraction of sp³-hybridized carbons (Fsp3) is 0.458. The van der Waals surface area contributed by atoms with E-state index in [0.717, 1.165) is 17.8 Å². The van der Waals surface area contributed by atoms with Gasteiger partial charge in [-0.25, -0.2) is 12.8 Å². The molecule has 0 atom stereocenters. The minimum absolute atomic E-state index is 0.0655. The van der Waals surface area contributed by atoms with Gasteiger partial charge >= 0.3 is 0 Å². The molecule has 0 radical (unpaired) electrons. The molecule has 0 unspecified atom stereocenters. The summed E-state index contributed by atoms with van der Waals surface area (Å²) in [6, 6.07) is 13.0. The van der Waals surface area contributed by atoms with Crippen molar-refractivity contribution < 1.29 is 17.6 Å². The van der Waals surface area contributed by atoms with Crippen LogP contribution in [0, 0.1) is 11.7 Å². The van der Waals surface area contributed by atoms with Crippen LogP contribution in [0.1, 0.15) is 56.4 Å². The number of amides is 1. The predicted octanol–water partition coefficient (Wildman–Crippen LogP) is 4.91. The van der Waals surface area contributed by atoms with E-state index in [1.807, 2.05) is 12.1 Å². The SMILES string of the molecule is O=C(Nc1ccc(C2CCCCC2)cc1)C1CCN(S(=O)(=O)c2ccc(F)cc2)CC1. The van der Waals surface area contributed by atoms with Gasteiger partial charge in [0, 0.05) is 24.7 Å². The first-order chi connectivity index (χ1) is 14.9. The van der Waals surface area contributed by atoms with E-state index in [1.165, 1.54) is 54.1 Å². The molecule has 0 spiro atoms. The molecule has 7 heteroatoms. The minimum Gasteiger partial charge on any atom is -0.326 e. The summed E-state index contributed by atoms with van der Waals surface area (Å²) in [5.41, 5.74) is 2.13. The predicted molar refractivity (Wildman–Crippen MR) is 119 cm³/mol. The second kappa shape index (κ2) is 9.49. The number of nitrogens with zero attached hydrogens (tertiary/aromatic N) is 1. The molecule has 1 saturated heterocycles. The van der Waals surface area contributed by atoms with Crippen molar-refractivity contribution >= 4 is 21.6 Å². The number of anilines is 1. The van der Waals surface area contributed by atoms with E-state index in [2.05, 4.69) is 17.4 Å². The lowest BCUT2D eigenvalue weighted by molar-refractivity contribution is -0.120. The van der Waals surface area contributed by atoms with Gasteiger partial charge < -0.3 is 5.32 Å². The molecule has 31 heavy (non-hydrogen) atoms. The first-order valence-electron chi connectivity index (χ1n) is 11.1. The van der Waals surface area contributed by atoms with Crippen molar-refractivity contribution in [3.8, 4) is 0 Å². The average Bonchev–Trinajstić information content (AvgIpc) is 2.80. The second-order valence-electron chi connectivity index (χ2n) is 8.58. The van der Waals surface area contributed by atoms with E-state index in [1.54, 1.807) is 0 Å². The van der Waals surface area contributed by atoms with E-state index in [4.69, 9.17) is 0 Å². The third-order valence-electron chi connectivity index (χ3n) is 6.53. The van der Waals surface area contributed by atoms with Gasteiger partial charge in [0.15, 0.2) is 0 Å². The summed E-state index contributed by atoms with van der Waals surface area (Å²) in [7, 11) is -3.67.